The molecule has 1 N–H and O–H groups in total. The summed E-state index contributed by atoms with van der Waals surface area (Å²) >= 11 is 13.9. The molecule has 2 aromatic carbocycles. The fraction of sp³-hybridized carbons (Fsp3) is 0.400. The topological polar surface area (TPSA) is 74.7 Å². The number of carbonyl (C=O) groups is 1. The standard InChI is InChI=1S/C25H29Cl2NO4S2/c1-4-6-7-21-24(33-14-5-2)22(25(29)30)23(17-10-13-19(26)20(27)15-17)28(21)34(31,32)18-11-8-16(3)9-12-18/h5,8-13,15,21-24H,2,4,6-7,14H2,1,3H3,(H,29,30)/t21-,22+,23+,24-/m1/s1. The lowest BCUT2D eigenvalue weighted by molar-refractivity contribution is -0.142. The second-order valence-corrected chi connectivity index (χ2v) is 12.3. The molecule has 1 saturated heterocycles. The van der Waals surface area contributed by atoms with Gasteiger partial charge in [-0.3, -0.25) is 4.79 Å². The summed E-state index contributed by atoms with van der Waals surface area (Å²) < 4.78 is 29.6. The summed E-state index contributed by atoms with van der Waals surface area (Å²) in [6, 6.07) is 10.1. The highest BCUT2D eigenvalue weighted by Crippen LogP contribution is 2.51. The third-order valence-corrected chi connectivity index (χ3v) is 10.2. The lowest BCUT2D eigenvalue weighted by Gasteiger charge is -2.31. The maximum Gasteiger partial charge on any atom is 0.309 e. The Balaban J connectivity index is 2.26. The number of thioether (sulfide) groups is 1. The van der Waals surface area contributed by atoms with Gasteiger partial charge in [0.1, 0.15) is 0 Å². The van der Waals surface area contributed by atoms with Crippen LogP contribution in [0.2, 0.25) is 10.0 Å². The molecule has 1 fully saturated rings. The van der Waals surface area contributed by atoms with E-state index in [1.54, 1.807) is 48.5 Å². The van der Waals surface area contributed by atoms with Crippen LogP contribution in [-0.4, -0.2) is 40.8 Å². The van der Waals surface area contributed by atoms with Crippen molar-refractivity contribution in [1.82, 2.24) is 4.31 Å². The van der Waals surface area contributed by atoms with Crippen LogP contribution < -0.4 is 0 Å². The summed E-state index contributed by atoms with van der Waals surface area (Å²) in [5.74, 6) is -1.49. The normalized spacial score (nSPS) is 23.2. The van der Waals surface area contributed by atoms with Crippen molar-refractivity contribution in [2.45, 2.75) is 55.3 Å². The van der Waals surface area contributed by atoms with Crippen LogP contribution in [0.25, 0.3) is 0 Å². The molecule has 1 aliphatic rings. The SMILES string of the molecule is C=CCS[C@H]1[C@@H](C(=O)O)[C@H](c2ccc(Cl)c(Cl)c2)N(S(=O)(=O)c2ccc(C)cc2)[C@@H]1CCCC. The number of aliphatic carboxylic acids is 1. The van der Waals surface area contributed by atoms with E-state index in [0.717, 1.165) is 18.4 Å². The van der Waals surface area contributed by atoms with Crippen LogP contribution in [0, 0.1) is 12.8 Å². The second kappa shape index (κ2) is 11.5. The molecule has 2 aromatic rings. The van der Waals surface area contributed by atoms with E-state index in [9.17, 15) is 18.3 Å². The highest BCUT2D eigenvalue weighted by atomic mass is 35.5. The first-order valence-corrected chi connectivity index (χ1v) is 14.4. The zero-order valence-corrected chi connectivity index (χ0v) is 22.3. The van der Waals surface area contributed by atoms with Crippen molar-refractivity contribution >= 4 is 51.0 Å². The molecule has 1 heterocycles. The molecule has 0 bridgehead atoms. The van der Waals surface area contributed by atoms with Crippen molar-refractivity contribution in [1.29, 1.82) is 0 Å². The minimum Gasteiger partial charge on any atom is -0.481 e. The zero-order chi connectivity index (χ0) is 25.0. The first-order chi connectivity index (χ1) is 16.1. The quantitative estimate of drug-likeness (QED) is 0.343. The summed E-state index contributed by atoms with van der Waals surface area (Å²) in [4.78, 5) is 12.8. The third kappa shape index (κ3) is 5.49. The molecule has 184 valence electrons. The molecule has 0 amide bonds. The number of aryl methyl sites for hydroxylation is 1. The Morgan fingerprint density at radius 1 is 1.18 bits per heavy atom. The molecule has 0 radical (unpaired) electrons. The van der Waals surface area contributed by atoms with Crippen molar-refractivity contribution in [3.05, 3.63) is 76.3 Å². The number of carboxylic acid groups (broad SMARTS) is 1. The lowest BCUT2D eigenvalue weighted by atomic mass is 9.92. The zero-order valence-electron chi connectivity index (χ0n) is 19.2. The summed E-state index contributed by atoms with van der Waals surface area (Å²) in [5.41, 5.74) is 1.45. The number of sulfonamides is 1. The number of unbranched alkanes of at least 4 members (excludes halogenated alkanes) is 1. The van der Waals surface area contributed by atoms with Gasteiger partial charge in [0.05, 0.1) is 26.9 Å². The van der Waals surface area contributed by atoms with Crippen LogP contribution in [0.5, 0.6) is 0 Å². The molecule has 1 aliphatic heterocycles. The van der Waals surface area contributed by atoms with Crippen LogP contribution >= 0.6 is 35.0 Å². The first kappa shape index (κ1) is 27.1. The fourth-order valence-corrected chi connectivity index (χ4v) is 8.09. The van der Waals surface area contributed by atoms with Gasteiger partial charge in [-0.1, -0.05) is 72.8 Å². The number of rotatable bonds is 10. The molecule has 3 rings (SSSR count). The molecule has 0 unspecified atom stereocenters. The van der Waals surface area contributed by atoms with Gasteiger partial charge in [-0.25, -0.2) is 8.42 Å². The van der Waals surface area contributed by atoms with Crippen LogP contribution in [0.15, 0.2) is 60.0 Å². The van der Waals surface area contributed by atoms with Crippen molar-refractivity contribution < 1.29 is 18.3 Å². The molecule has 0 spiro atoms. The molecule has 0 aromatic heterocycles. The predicted molar refractivity (Wildman–Crippen MR) is 140 cm³/mol. The van der Waals surface area contributed by atoms with Gasteiger partial charge in [0.15, 0.2) is 0 Å². The Hall–Kier alpha value is -1.51. The van der Waals surface area contributed by atoms with E-state index < -0.39 is 39.2 Å². The summed E-state index contributed by atoms with van der Waals surface area (Å²) in [6.45, 7) is 7.69. The van der Waals surface area contributed by atoms with E-state index in [1.807, 2.05) is 13.8 Å². The van der Waals surface area contributed by atoms with Gasteiger partial charge in [0.2, 0.25) is 10.0 Å². The molecule has 0 saturated carbocycles. The molecule has 5 nitrogen and oxygen atoms in total. The number of nitrogens with zero attached hydrogens (tertiary/aromatic N) is 1. The van der Waals surface area contributed by atoms with Gasteiger partial charge >= 0.3 is 5.97 Å². The Bertz CT molecular complexity index is 1140. The molecular weight excluding hydrogens is 513 g/mol. The van der Waals surface area contributed by atoms with E-state index in [-0.39, 0.29) is 9.92 Å². The van der Waals surface area contributed by atoms with Crippen molar-refractivity contribution in [3.8, 4) is 0 Å². The maximum atomic E-state index is 14.1. The highest BCUT2D eigenvalue weighted by Gasteiger charge is 2.57. The number of benzene rings is 2. The fourth-order valence-electron chi connectivity index (χ4n) is 4.51. The Morgan fingerprint density at radius 2 is 1.85 bits per heavy atom. The number of hydrogen-bond donors (Lipinski definition) is 1. The van der Waals surface area contributed by atoms with Crippen LogP contribution in [0.1, 0.15) is 43.4 Å². The summed E-state index contributed by atoms with van der Waals surface area (Å²) in [6.07, 6.45) is 3.91. The highest BCUT2D eigenvalue weighted by molar-refractivity contribution is 8.00. The summed E-state index contributed by atoms with van der Waals surface area (Å²) in [5, 5.41) is 10.5. The number of halogens is 2. The van der Waals surface area contributed by atoms with E-state index in [4.69, 9.17) is 23.2 Å². The van der Waals surface area contributed by atoms with Crippen LogP contribution in [0.4, 0.5) is 0 Å². The minimum absolute atomic E-state index is 0.142. The molecule has 0 aliphatic carbocycles. The largest absolute Gasteiger partial charge is 0.481 e. The van der Waals surface area contributed by atoms with Crippen LogP contribution in [-0.2, 0) is 14.8 Å². The van der Waals surface area contributed by atoms with Gasteiger partial charge in [0.25, 0.3) is 0 Å². The van der Waals surface area contributed by atoms with Gasteiger partial charge in [-0.2, -0.15) is 16.1 Å². The molecule has 9 heteroatoms. The summed E-state index contributed by atoms with van der Waals surface area (Å²) in [7, 11) is -4.02. The average Bonchev–Trinajstić information content (AvgIpc) is 3.13. The van der Waals surface area contributed by atoms with Crippen LogP contribution in [0.3, 0.4) is 0 Å². The van der Waals surface area contributed by atoms with E-state index in [2.05, 4.69) is 6.58 Å². The second-order valence-electron chi connectivity index (χ2n) is 8.43. The molecular formula is C25H29Cl2NO4S2. The van der Waals surface area contributed by atoms with E-state index in [1.165, 1.54) is 16.1 Å². The monoisotopic (exact) mass is 541 g/mol. The van der Waals surface area contributed by atoms with Crippen molar-refractivity contribution in [3.63, 3.8) is 0 Å². The van der Waals surface area contributed by atoms with Gasteiger partial charge < -0.3 is 5.11 Å². The van der Waals surface area contributed by atoms with Gasteiger partial charge in [-0.05, 0) is 43.2 Å². The number of carboxylic acids is 1. The van der Waals surface area contributed by atoms with E-state index in [0.29, 0.717) is 22.8 Å². The Kier molecular flexibility index (Phi) is 9.15. The first-order valence-electron chi connectivity index (χ1n) is 11.1. The average molecular weight is 543 g/mol. The smallest absolute Gasteiger partial charge is 0.309 e. The van der Waals surface area contributed by atoms with Gasteiger partial charge in [0, 0.05) is 17.0 Å². The maximum absolute atomic E-state index is 14.1. The van der Waals surface area contributed by atoms with Crippen molar-refractivity contribution in [2.24, 2.45) is 5.92 Å². The molecule has 4 atom stereocenters. The van der Waals surface area contributed by atoms with Crippen molar-refractivity contribution in [2.75, 3.05) is 5.75 Å². The van der Waals surface area contributed by atoms with Gasteiger partial charge in [-0.15, -0.1) is 6.58 Å². The molecule has 34 heavy (non-hydrogen) atoms. The van der Waals surface area contributed by atoms with E-state index >= 15 is 0 Å². The number of hydrogen-bond acceptors (Lipinski definition) is 4. The Labute approximate surface area is 216 Å². The minimum atomic E-state index is -4.02. The predicted octanol–water partition coefficient (Wildman–Crippen LogP) is 6.59. The Morgan fingerprint density at radius 3 is 2.41 bits per heavy atom. The third-order valence-electron chi connectivity index (χ3n) is 6.10. The lowest BCUT2D eigenvalue weighted by Crippen LogP contribution is -2.40.